The molecule has 1 aliphatic heterocycles. The Morgan fingerprint density at radius 2 is 1.60 bits per heavy atom. The highest BCUT2D eigenvalue weighted by Gasteiger charge is 2.35. The van der Waals surface area contributed by atoms with Crippen molar-refractivity contribution < 1.29 is 14.3 Å². The summed E-state index contributed by atoms with van der Waals surface area (Å²) in [7, 11) is 3.18. The normalized spacial score (nSPS) is 16.4. The molecule has 0 saturated heterocycles. The van der Waals surface area contributed by atoms with Crippen molar-refractivity contribution in [2.45, 2.75) is 18.9 Å². The Balaban J connectivity index is 1.70. The summed E-state index contributed by atoms with van der Waals surface area (Å²) in [6.07, 6.45) is 2.49. The zero-order chi connectivity index (χ0) is 17.4. The van der Waals surface area contributed by atoms with E-state index < -0.39 is 0 Å². The number of benzene rings is 2. The molecule has 0 aromatic heterocycles. The van der Waals surface area contributed by atoms with E-state index >= 15 is 0 Å². The largest absolute Gasteiger partial charge is 0.497 e. The second-order valence-electron chi connectivity index (χ2n) is 6.47. The maximum Gasteiger partial charge on any atom is 0.258 e. The molecule has 1 fully saturated rings. The zero-order valence-electron chi connectivity index (χ0n) is 14.6. The predicted octanol–water partition coefficient (Wildman–Crippen LogP) is 3.33. The van der Waals surface area contributed by atoms with Crippen molar-refractivity contribution in [2.24, 2.45) is 0 Å². The van der Waals surface area contributed by atoms with Crippen molar-refractivity contribution in [3.05, 3.63) is 48.0 Å². The van der Waals surface area contributed by atoms with E-state index in [4.69, 9.17) is 9.47 Å². The molecule has 1 saturated carbocycles. The van der Waals surface area contributed by atoms with Crippen LogP contribution < -0.4 is 19.3 Å². The fourth-order valence-corrected chi connectivity index (χ4v) is 3.45. The third-order valence-electron chi connectivity index (χ3n) is 4.88. The summed E-state index contributed by atoms with van der Waals surface area (Å²) in [6.45, 7) is 1.56. The van der Waals surface area contributed by atoms with Crippen LogP contribution in [-0.4, -0.2) is 39.3 Å². The lowest BCUT2D eigenvalue weighted by atomic mass is 10.1. The molecule has 0 N–H and O–H groups in total. The van der Waals surface area contributed by atoms with Gasteiger partial charge in [-0.3, -0.25) is 4.79 Å². The Morgan fingerprint density at radius 3 is 2.20 bits per heavy atom. The minimum Gasteiger partial charge on any atom is -0.497 e. The number of nitrogens with zero attached hydrogens (tertiary/aromatic N) is 2. The number of carbonyl (C=O) groups excluding carboxylic acids is 1. The van der Waals surface area contributed by atoms with Gasteiger partial charge in [0.2, 0.25) is 0 Å². The monoisotopic (exact) mass is 338 g/mol. The van der Waals surface area contributed by atoms with E-state index in [-0.39, 0.29) is 5.91 Å². The fraction of sp³-hybridized carbons (Fsp3) is 0.350. The van der Waals surface area contributed by atoms with E-state index in [0.717, 1.165) is 17.9 Å². The molecule has 0 atom stereocenters. The number of rotatable bonds is 4. The number of amides is 1. The number of carbonyl (C=O) groups is 1. The van der Waals surface area contributed by atoms with E-state index in [1.807, 2.05) is 23.1 Å². The second kappa shape index (κ2) is 6.31. The van der Waals surface area contributed by atoms with Crippen molar-refractivity contribution in [1.82, 2.24) is 0 Å². The number of para-hydroxylation sites is 2. The average molecular weight is 338 g/mol. The number of ether oxygens (including phenoxy) is 2. The summed E-state index contributed by atoms with van der Waals surface area (Å²) in [5.74, 6) is 1.21. The van der Waals surface area contributed by atoms with Crippen molar-refractivity contribution in [1.29, 1.82) is 0 Å². The first-order chi connectivity index (χ1) is 12.2. The lowest BCUT2D eigenvalue weighted by Crippen LogP contribution is -2.45. The van der Waals surface area contributed by atoms with Gasteiger partial charge in [-0.15, -0.1) is 0 Å². The molecule has 130 valence electrons. The Hall–Kier alpha value is -2.69. The predicted molar refractivity (Wildman–Crippen MR) is 98.0 cm³/mol. The van der Waals surface area contributed by atoms with Crippen LogP contribution in [0, 0.1) is 0 Å². The van der Waals surface area contributed by atoms with Gasteiger partial charge in [0.25, 0.3) is 5.91 Å². The van der Waals surface area contributed by atoms with Crippen LogP contribution in [0.15, 0.2) is 42.5 Å². The molecule has 0 radical (unpaired) electrons. The van der Waals surface area contributed by atoms with Gasteiger partial charge >= 0.3 is 0 Å². The molecular formula is C20H22N2O3. The number of hydrogen-bond donors (Lipinski definition) is 0. The minimum atomic E-state index is -0.0277. The molecule has 0 spiro atoms. The molecule has 5 nitrogen and oxygen atoms in total. The van der Waals surface area contributed by atoms with Gasteiger partial charge in [0, 0.05) is 30.8 Å². The molecular weight excluding hydrogens is 316 g/mol. The van der Waals surface area contributed by atoms with Crippen LogP contribution >= 0.6 is 0 Å². The smallest absolute Gasteiger partial charge is 0.258 e. The van der Waals surface area contributed by atoms with Crippen LogP contribution in [0.4, 0.5) is 11.4 Å². The van der Waals surface area contributed by atoms with Gasteiger partial charge in [0.05, 0.1) is 25.6 Å². The summed E-state index contributed by atoms with van der Waals surface area (Å²) in [5, 5.41) is 0. The summed E-state index contributed by atoms with van der Waals surface area (Å²) in [6, 6.07) is 14.1. The summed E-state index contributed by atoms with van der Waals surface area (Å²) in [4.78, 5) is 17.5. The number of fused-ring (bicyclic) bond motifs is 1. The van der Waals surface area contributed by atoms with Crippen LogP contribution in [-0.2, 0) is 0 Å². The number of hydrogen-bond acceptors (Lipinski definition) is 4. The molecule has 0 unspecified atom stereocenters. The molecule has 5 heteroatoms. The molecule has 2 aromatic carbocycles. The molecule has 25 heavy (non-hydrogen) atoms. The van der Waals surface area contributed by atoms with Gasteiger partial charge in [-0.05, 0) is 37.1 Å². The topological polar surface area (TPSA) is 42.0 Å². The van der Waals surface area contributed by atoms with Crippen LogP contribution in [0.5, 0.6) is 11.5 Å². The zero-order valence-corrected chi connectivity index (χ0v) is 14.6. The first kappa shape index (κ1) is 15.8. The van der Waals surface area contributed by atoms with Crippen molar-refractivity contribution in [3.8, 4) is 11.5 Å². The van der Waals surface area contributed by atoms with Crippen LogP contribution in [0.1, 0.15) is 23.2 Å². The Labute approximate surface area is 147 Å². The van der Waals surface area contributed by atoms with Crippen LogP contribution in [0.3, 0.4) is 0 Å². The molecule has 2 aliphatic rings. The van der Waals surface area contributed by atoms with E-state index in [9.17, 15) is 4.79 Å². The van der Waals surface area contributed by atoms with E-state index in [0.29, 0.717) is 29.6 Å². The second-order valence-corrected chi connectivity index (χ2v) is 6.47. The lowest BCUT2D eigenvalue weighted by Gasteiger charge is -2.38. The SMILES string of the molecule is COc1cc(OC)cc(C(=O)N2CCN(C3CC3)c3ccccc32)c1. The molecule has 2 aromatic rings. The average Bonchev–Trinajstić information content (AvgIpc) is 3.51. The third-order valence-corrected chi connectivity index (χ3v) is 4.88. The summed E-state index contributed by atoms with van der Waals surface area (Å²) < 4.78 is 10.6. The quantitative estimate of drug-likeness (QED) is 0.857. The van der Waals surface area contributed by atoms with Crippen LogP contribution in [0.2, 0.25) is 0 Å². The van der Waals surface area contributed by atoms with Crippen molar-refractivity contribution >= 4 is 17.3 Å². The molecule has 1 aliphatic carbocycles. The number of methoxy groups -OCH3 is 2. The maximum absolute atomic E-state index is 13.2. The van der Waals surface area contributed by atoms with Gasteiger partial charge in [-0.1, -0.05) is 12.1 Å². The fourth-order valence-electron chi connectivity index (χ4n) is 3.45. The van der Waals surface area contributed by atoms with Gasteiger partial charge in [-0.2, -0.15) is 0 Å². The van der Waals surface area contributed by atoms with E-state index in [1.165, 1.54) is 12.8 Å². The number of anilines is 2. The van der Waals surface area contributed by atoms with Gasteiger partial charge in [0.1, 0.15) is 11.5 Å². The summed E-state index contributed by atoms with van der Waals surface area (Å²) in [5.41, 5.74) is 2.71. The molecule has 1 heterocycles. The molecule has 1 amide bonds. The van der Waals surface area contributed by atoms with Gasteiger partial charge in [0.15, 0.2) is 0 Å². The first-order valence-corrected chi connectivity index (χ1v) is 8.62. The van der Waals surface area contributed by atoms with E-state index in [1.54, 1.807) is 32.4 Å². The van der Waals surface area contributed by atoms with Gasteiger partial charge in [-0.25, -0.2) is 0 Å². The minimum absolute atomic E-state index is 0.0277. The molecule has 0 bridgehead atoms. The van der Waals surface area contributed by atoms with Crippen LogP contribution in [0.25, 0.3) is 0 Å². The highest BCUT2D eigenvalue weighted by Crippen LogP contribution is 2.40. The first-order valence-electron chi connectivity index (χ1n) is 8.62. The maximum atomic E-state index is 13.2. The standard InChI is InChI=1S/C20H22N2O3/c1-24-16-11-14(12-17(13-16)25-2)20(23)22-10-9-21(15-7-8-15)18-5-3-4-6-19(18)22/h3-6,11-13,15H,7-10H2,1-2H3. The van der Waals surface area contributed by atoms with Crippen molar-refractivity contribution in [2.75, 3.05) is 37.1 Å². The van der Waals surface area contributed by atoms with E-state index in [2.05, 4.69) is 11.0 Å². The Bertz CT molecular complexity index is 779. The summed E-state index contributed by atoms with van der Waals surface area (Å²) >= 11 is 0. The highest BCUT2D eigenvalue weighted by atomic mass is 16.5. The molecule has 4 rings (SSSR count). The Kier molecular flexibility index (Phi) is 3.99. The van der Waals surface area contributed by atoms with Crippen molar-refractivity contribution in [3.63, 3.8) is 0 Å². The van der Waals surface area contributed by atoms with Gasteiger partial charge < -0.3 is 19.3 Å². The Morgan fingerprint density at radius 1 is 0.960 bits per heavy atom. The highest BCUT2D eigenvalue weighted by molar-refractivity contribution is 6.08. The third kappa shape index (κ3) is 2.90. The lowest BCUT2D eigenvalue weighted by molar-refractivity contribution is 0.0986.